The van der Waals surface area contributed by atoms with Crippen LogP contribution in [0.2, 0.25) is 0 Å². The molecule has 0 aromatic rings. The van der Waals surface area contributed by atoms with E-state index in [1.807, 2.05) is 5.32 Å². The predicted molar refractivity (Wildman–Crippen MR) is 138 cm³/mol. The largest absolute Gasteiger partial charge is 0.479 e. The van der Waals surface area contributed by atoms with Crippen molar-refractivity contribution >= 4 is 29.8 Å². The number of ether oxygens (including phenoxy) is 2. The van der Waals surface area contributed by atoms with Gasteiger partial charge in [0.25, 0.3) is 0 Å². The Morgan fingerprint density at radius 1 is 0.667 bits per heavy atom. The second kappa shape index (κ2) is 22.8. The number of nitrogens with one attached hydrogen (secondary N) is 1. The molecular weight excluding hydrogens is 468 g/mol. The molecule has 0 saturated carbocycles. The summed E-state index contributed by atoms with van der Waals surface area (Å²) >= 11 is 0. The van der Waals surface area contributed by atoms with Crippen molar-refractivity contribution in [1.29, 1.82) is 0 Å². The molecule has 10 heteroatoms. The number of hydrogen-bond donors (Lipinski definition) is 3. The van der Waals surface area contributed by atoms with E-state index in [-0.39, 0.29) is 13.2 Å². The summed E-state index contributed by atoms with van der Waals surface area (Å²) in [6.45, 7) is 4.45. The van der Waals surface area contributed by atoms with Crippen LogP contribution in [-0.2, 0) is 19.1 Å². The molecule has 0 radical (unpaired) electrons. The highest BCUT2D eigenvalue weighted by atomic mass is 16.6. The van der Waals surface area contributed by atoms with E-state index >= 15 is 0 Å². The van der Waals surface area contributed by atoms with E-state index in [0.717, 1.165) is 38.5 Å². The standard InChI is InChI=1S/C26H46N2O8/c1-3-5-7-9-11-13-15-17-19-35-25(33)27-21(23(29)30)22(24(31)32)28-26(34)36-20-18-16-14-12-10-8-6-4-2/h21H,3-20H2,1-2H3,(H,27,33)(H,29,30)(H,31,32). The number of amides is 2. The van der Waals surface area contributed by atoms with Crippen LogP contribution >= 0.6 is 0 Å². The van der Waals surface area contributed by atoms with Gasteiger partial charge in [-0.25, -0.2) is 19.2 Å². The molecule has 0 aromatic carbocycles. The SMILES string of the molecule is CCCCCCCCCCOC(=O)N=C(C(=O)O)C(NC(=O)OCCCCCCCCCC)C(=O)O. The van der Waals surface area contributed by atoms with E-state index in [1.165, 1.54) is 51.4 Å². The van der Waals surface area contributed by atoms with Crippen LogP contribution in [0.5, 0.6) is 0 Å². The molecule has 0 aromatic heterocycles. The summed E-state index contributed by atoms with van der Waals surface area (Å²) < 4.78 is 9.87. The smallest absolute Gasteiger partial charge is 0.434 e. The number of carbonyl (C=O) groups is 4. The molecule has 3 N–H and O–H groups in total. The molecule has 0 heterocycles. The molecule has 0 bridgehead atoms. The van der Waals surface area contributed by atoms with Gasteiger partial charge < -0.3 is 25.0 Å². The summed E-state index contributed by atoms with van der Waals surface area (Å²) in [5.41, 5.74) is -1.05. The molecule has 2 amide bonds. The Morgan fingerprint density at radius 3 is 1.50 bits per heavy atom. The van der Waals surface area contributed by atoms with E-state index in [1.54, 1.807) is 0 Å². The van der Waals surface area contributed by atoms with Gasteiger partial charge in [0, 0.05) is 0 Å². The number of nitrogens with zero attached hydrogens (tertiary/aromatic N) is 1. The highest BCUT2D eigenvalue weighted by molar-refractivity contribution is 6.43. The molecule has 0 saturated heterocycles. The lowest BCUT2D eigenvalue weighted by Gasteiger charge is -2.14. The van der Waals surface area contributed by atoms with Crippen LogP contribution in [0.15, 0.2) is 4.99 Å². The van der Waals surface area contributed by atoms with Crippen LogP contribution in [0.1, 0.15) is 117 Å². The number of alkyl carbamates (subject to hydrolysis) is 1. The first-order chi connectivity index (χ1) is 17.3. The van der Waals surface area contributed by atoms with Crippen molar-refractivity contribution in [3.8, 4) is 0 Å². The summed E-state index contributed by atoms with van der Waals surface area (Å²) in [6.07, 6.45) is 14.5. The van der Waals surface area contributed by atoms with Gasteiger partial charge in [0.2, 0.25) is 0 Å². The molecule has 1 unspecified atom stereocenters. The average molecular weight is 515 g/mol. The van der Waals surface area contributed by atoms with Gasteiger partial charge in [-0.2, -0.15) is 4.99 Å². The lowest BCUT2D eigenvalue weighted by Crippen LogP contribution is -2.49. The van der Waals surface area contributed by atoms with Crippen LogP contribution in [0, 0.1) is 0 Å². The number of carboxylic acid groups (broad SMARTS) is 2. The first-order valence-corrected chi connectivity index (χ1v) is 13.5. The molecule has 0 rings (SSSR count). The van der Waals surface area contributed by atoms with Crippen LogP contribution in [0.3, 0.4) is 0 Å². The van der Waals surface area contributed by atoms with E-state index < -0.39 is 35.9 Å². The third-order valence-corrected chi connectivity index (χ3v) is 5.67. The van der Waals surface area contributed by atoms with Gasteiger partial charge in [-0.1, -0.05) is 104 Å². The molecule has 208 valence electrons. The van der Waals surface area contributed by atoms with Crippen LogP contribution < -0.4 is 5.32 Å². The fraction of sp³-hybridized carbons (Fsp3) is 0.808. The number of aliphatic imine (C=N–C) groups is 1. The van der Waals surface area contributed by atoms with E-state index in [0.29, 0.717) is 12.8 Å². The van der Waals surface area contributed by atoms with Crippen molar-refractivity contribution < 1.29 is 38.9 Å². The minimum absolute atomic E-state index is 0.0516. The zero-order valence-electron chi connectivity index (χ0n) is 22.1. The van der Waals surface area contributed by atoms with Gasteiger partial charge in [-0.3, -0.25) is 0 Å². The van der Waals surface area contributed by atoms with E-state index in [9.17, 15) is 29.4 Å². The lowest BCUT2D eigenvalue weighted by molar-refractivity contribution is -0.139. The molecule has 0 fully saturated rings. The topological polar surface area (TPSA) is 152 Å². The van der Waals surface area contributed by atoms with Gasteiger partial charge in [0.1, 0.15) is 0 Å². The summed E-state index contributed by atoms with van der Waals surface area (Å²) in [5.74, 6) is -3.44. The molecule has 0 spiro atoms. The normalized spacial score (nSPS) is 12.1. The Balaban J connectivity index is 4.43. The maximum absolute atomic E-state index is 12.0. The zero-order chi connectivity index (χ0) is 27.0. The number of rotatable bonds is 22. The first kappa shape index (κ1) is 33.4. The highest BCUT2D eigenvalue weighted by Crippen LogP contribution is 2.09. The molecule has 10 nitrogen and oxygen atoms in total. The summed E-state index contributed by atoms with van der Waals surface area (Å²) in [7, 11) is 0. The van der Waals surface area contributed by atoms with Gasteiger partial charge in [-0.15, -0.1) is 0 Å². The van der Waals surface area contributed by atoms with Crippen LogP contribution in [0.25, 0.3) is 0 Å². The first-order valence-electron chi connectivity index (χ1n) is 13.5. The number of carbonyl (C=O) groups excluding carboxylic acids is 2. The third-order valence-electron chi connectivity index (χ3n) is 5.67. The number of hydrogen-bond acceptors (Lipinski definition) is 6. The molecule has 0 aliphatic rings. The Hall–Kier alpha value is -2.65. The van der Waals surface area contributed by atoms with Crippen LogP contribution in [0.4, 0.5) is 9.59 Å². The maximum Gasteiger partial charge on any atom is 0.434 e. The monoisotopic (exact) mass is 514 g/mol. The second-order valence-corrected chi connectivity index (χ2v) is 8.92. The molecule has 0 aliphatic heterocycles. The Morgan fingerprint density at radius 2 is 1.08 bits per heavy atom. The van der Waals surface area contributed by atoms with Crippen molar-refractivity contribution in [2.45, 2.75) is 123 Å². The summed E-state index contributed by atoms with van der Waals surface area (Å²) in [4.78, 5) is 50.2. The van der Waals surface area contributed by atoms with E-state index in [2.05, 4.69) is 18.8 Å². The van der Waals surface area contributed by atoms with Crippen molar-refractivity contribution in [2.75, 3.05) is 13.2 Å². The number of unbranched alkanes of at least 4 members (excludes halogenated alkanes) is 14. The summed E-state index contributed by atoms with van der Waals surface area (Å²) in [6, 6.07) is -2.05. The van der Waals surface area contributed by atoms with Crippen molar-refractivity contribution in [3.05, 3.63) is 0 Å². The fourth-order valence-electron chi connectivity index (χ4n) is 3.57. The summed E-state index contributed by atoms with van der Waals surface area (Å²) in [5, 5.41) is 20.7. The van der Waals surface area contributed by atoms with Crippen molar-refractivity contribution in [2.24, 2.45) is 4.99 Å². The van der Waals surface area contributed by atoms with E-state index in [4.69, 9.17) is 9.47 Å². The average Bonchev–Trinajstić information content (AvgIpc) is 2.83. The number of aliphatic carboxylic acids is 2. The van der Waals surface area contributed by atoms with Gasteiger partial charge >= 0.3 is 24.1 Å². The number of carboxylic acids is 2. The van der Waals surface area contributed by atoms with Gasteiger partial charge in [0.15, 0.2) is 11.8 Å². The van der Waals surface area contributed by atoms with Crippen molar-refractivity contribution in [3.63, 3.8) is 0 Å². The second-order valence-electron chi connectivity index (χ2n) is 8.92. The Labute approximate surface area is 215 Å². The molecule has 0 aliphatic carbocycles. The maximum atomic E-state index is 12.0. The van der Waals surface area contributed by atoms with Gasteiger partial charge in [0.05, 0.1) is 13.2 Å². The minimum Gasteiger partial charge on any atom is -0.479 e. The lowest BCUT2D eigenvalue weighted by atomic mass is 10.1. The Bertz CT molecular complexity index is 666. The van der Waals surface area contributed by atoms with Gasteiger partial charge in [-0.05, 0) is 12.8 Å². The fourth-order valence-corrected chi connectivity index (χ4v) is 3.57. The molecule has 36 heavy (non-hydrogen) atoms. The predicted octanol–water partition coefficient (Wildman–Crippen LogP) is 6.11. The Kier molecular flexibility index (Phi) is 21.1. The minimum atomic E-state index is -2.05. The molecule has 1 atom stereocenters. The third kappa shape index (κ3) is 18.6. The highest BCUT2D eigenvalue weighted by Gasteiger charge is 2.32. The zero-order valence-corrected chi connectivity index (χ0v) is 22.1. The van der Waals surface area contributed by atoms with Crippen molar-refractivity contribution in [1.82, 2.24) is 5.32 Å². The molecular formula is C26H46N2O8. The quantitative estimate of drug-likeness (QED) is 0.116. The van der Waals surface area contributed by atoms with Crippen LogP contribution in [-0.4, -0.2) is 59.3 Å².